The molecule has 2 N–H and O–H groups in total. The molecule has 0 spiro atoms. The summed E-state index contributed by atoms with van der Waals surface area (Å²) in [7, 11) is 0. The Balaban J connectivity index is 2.25. The number of nitrogens with zero attached hydrogens (tertiary/aromatic N) is 2. The van der Waals surface area contributed by atoms with Crippen LogP contribution in [0, 0.1) is 13.8 Å². The lowest BCUT2D eigenvalue weighted by Gasteiger charge is -2.13. The topological polar surface area (TPSA) is 51.8 Å². The van der Waals surface area contributed by atoms with E-state index < -0.39 is 0 Å². The average Bonchev–Trinajstić information content (AvgIpc) is 3.09. The molecule has 0 atom stereocenters. The predicted octanol–water partition coefficient (Wildman–Crippen LogP) is 2.24. The fourth-order valence-corrected chi connectivity index (χ4v) is 2.48. The summed E-state index contributed by atoms with van der Waals surface area (Å²) in [6.45, 7) is 4.82. The molecule has 1 aromatic heterocycles. The highest BCUT2D eigenvalue weighted by Gasteiger charge is 2.46. The number of benzene rings is 1. The summed E-state index contributed by atoms with van der Waals surface area (Å²) in [5.74, 6) is 0.940. The quantitative estimate of drug-likeness (QED) is 0.856. The minimum atomic E-state index is 0.0721. The van der Waals surface area contributed by atoms with Gasteiger partial charge in [-0.15, -0.1) is 0 Å². The molecule has 3 rings (SSSR count). The standard InChI is InChI=1S/C14H17N3/c1-9-4-3-5-11-12(9)10(2)16-13(17-11)14(8-15)6-7-14/h3-5H,6-8,15H2,1-2H3. The summed E-state index contributed by atoms with van der Waals surface area (Å²) in [5, 5.41) is 1.18. The van der Waals surface area contributed by atoms with Gasteiger partial charge in [0.05, 0.1) is 5.52 Å². The smallest absolute Gasteiger partial charge is 0.136 e. The van der Waals surface area contributed by atoms with Crippen LogP contribution in [0.5, 0.6) is 0 Å². The predicted molar refractivity (Wildman–Crippen MR) is 69.0 cm³/mol. The number of hydrogen-bond acceptors (Lipinski definition) is 3. The third-order valence-corrected chi connectivity index (χ3v) is 3.83. The summed E-state index contributed by atoms with van der Waals surface area (Å²) in [6, 6.07) is 6.22. The van der Waals surface area contributed by atoms with Crippen molar-refractivity contribution in [3.8, 4) is 0 Å². The van der Waals surface area contributed by atoms with Crippen LogP contribution in [0.15, 0.2) is 18.2 Å². The van der Waals surface area contributed by atoms with Crippen molar-refractivity contribution in [3.63, 3.8) is 0 Å². The second-order valence-electron chi connectivity index (χ2n) is 5.09. The van der Waals surface area contributed by atoms with Crippen molar-refractivity contribution in [3.05, 3.63) is 35.3 Å². The zero-order valence-corrected chi connectivity index (χ0v) is 10.3. The molecule has 0 radical (unpaired) electrons. The van der Waals surface area contributed by atoms with Crippen molar-refractivity contribution in [2.24, 2.45) is 5.73 Å². The van der Waals surface area contributed by atoms with E-state index in [9.17, 15) is 0 Å². The maximum absolute atomic E-state index is 5.84. The Morgan fingerprint density at radius 2 is 2.00 bits per heavy atom. The van der Waals surface area contributed by atoms with Crippen molar-refractivity contribution >= 4 is 10.9 Å². The van der Waals surface area contributed by atoms with Gasteiger partial charge in [0.1, 0.15) is 5.82 Å². The third-order valence-electron chi connectivity index (χ3n) is 3.83. The van der Waals surface area contributed by atoms with Crippen molar-refractivity contribution in [2.45, 2.75) is 32.1 Å². The van der Waals surface area contributed by atoms with Crippen LogP contribution in [-0.2, 0) is 5.41 Å². The minimum absolute atomic E-state index is 0.0721. The van der Waals surface area contributed by atoms with E-state index >= 15 is 0 Å². The van der Waals surface area contributed by atoms with Gasteiger partial charge in [-0.25, -0.2) is 9.97 Å². The van der Waals surface area contributed by atoms with Gasteiger partial charge in [-0.05, 0) is 38.3 Å². The Hall–Kier alpha value is -1.48. The first-order chi connectivity index (χ1) is 8.16. The average molecular weight is 227 g/mol. The second kappa shape index (κ2) is 3.50. The normalized spacial score (nSPS) is 17.4. The van der Waals surface area contributed by atoms with Crippen LogP contribution in [0.3, 0.4) is 0 Å². The number of nitrogens with two attached hydrogens (primary N) is 1. The van der Waals surface area contributed by atoms with E-state index in [1.807, 2.05) is 0 Å². The molecule has 1 fully saturated rings. The first-order valence-corrected chi connectivity index (χ1v) is 6.11. The maximum atomic E-state index is 5.84. The van der Waals surface area contributed by atoms with Gasteiger partial charge in [0.15, 0.2) is 0 Å². The number of fused-ring (bicyclic) bond motifs is 1. The maximum Gasteiger partial charge on any atom is 0.136 e. The van der Waals surface area contributed by atoms with Crippen LogP contribution in [0.25, 0.3) is 10.9 Å². The third kappa shape index (κ3) is 1.53. The van der Waals surface area contributed by atoms with Crippen molar-refractivity contribution in [1.29, 1.82) is 0 Å². The molecule has 1 aliphatic rings. The molecule has 2 aromatic rings. The summed E-state index contributed by atoms with van der Waals surface area (Å²) in [4.78, 5) is 9.39. The van der Waals surface area contributed by atoms with Gasteiger partial charge in [-0.1, -0.05) is 12.1 Å². The summed E-state index contributed by atoms with van der Waals surface area (Å²) >= 11 is 0. The monoisotopic (exact) mass is 227 g/mol. The summed E-state index contributed by atoms with van der Waals surface area (Å²) in [5.41, 5.74) is 9.28. The lowest BCUT2D eigenvalue weighted by atomic mass is 10.0. The Labute approximate surface area is 101 Å². The van der Waals surface area contributed by atoms with Crippen molar-refractivity contribution in [1.82, 2.24) is 9.97 Å². The molecule has 1 saturated carbocycles. The highest BCUT2D eigenvalue weighted by molar-refractivity contribution is 5.84. The Bertz CT molecular complexity index is 585. The van der Waals surface area contributed by atoms with Crippen LogP contribution in [0.4, 0.5) is 0 Å². The first-order valence-electron chi connectivity index (χ1n) is 6.11. The van der Waals surface area contributed by atoms with Crippen LogP contribution >= 0.6 is 0 Å². The highest BCUT2D eigenvalue weighted by Crippen LogP contribution is 2.45. The molecule has 0 aliphatic heterocycles. The van der Waals surface area contributed by atoms with Gasteiger partial charge >= 0.3 is 0 Å². The zero-order chi connectivity index (χ0) is 12.0. The molecule has 0 amide bonds. The number of hydrogen-bond donors (Lipinski definition) is 1. The number of rotatable bonds is 2. The van der Waals surface area contributed by atoms with Crippen molar-refractivity contribution in [2.75, 3.05) is 6.54 Å². The van der Waals surface area contributed by atoms with Gasteiger partial charge in [-0.3, -0.25) is 0 Å². The number of aryl methyl sites for hydroxylation is 2. The van der Waals surface area contributed by atoms with Gasteiger partial charge in [0.2, 0.25) is 0 Å². The fourth-order valence-electron chi connectivity index (χ4n) is 2.48. The molecular weight excluding hydrogens is 210 g/mol. The van der Waals surface area contributed by atoms with Crippen LogP contribution in [0.1, 0.15) is 29.9 Å². The summed E-state index contributed by atoms with van der Waals surface area (Å²) < 4.78 is 0. The van der Waals surface area contributed by atoms with E-state index in [-0.39, 0.29) is 5.41 Å². The molecule has 0 bridgehead atoms. The molecule has 88 valence electrons. The fraction of sp³-hybridized carbons (Fsp3) is 0.429. The van der Waals surface area contributed by atoms with E-state index in [1.54, 1.807) is 0 Å². The molecule has 0 saturated heterocycles. The van der Waals surface area contributed by atoms with E-state index in [0.717, 1.165) is 29.9 Å². The molecule has 1 aliphatic carbocycles. The zero-order valence-electron chi connectivity index (χ0n) is 10.3. The molecule has 3 nitrogen and oxygen atoms in total. The van der Waals surface area contributed by atoms with Gasteiger partial charge < -0.3 is 5.73 Å². The Morgan fingerprint density at radius 1 is 1.24 bits per heavy atom. The largest absolute Gasteiger partial charge is 0.329 e. The lowest BCUT2D eigenvalue weighted by molar-refractivity contribution is 0.650. The Morgan fingerprint density at radius 3 is 2.65 bits per heavy atom. The van der Waals surface area contributed by atoms with Crippen molar-refractivity contribution < 1.29 is 0 Å². The van der Waals surface area contributed by atoms with Gasteiger partial charge in [0, 0.05) is 23.0 Å². The molecule has 1 aromatic carbocycles. The molecule has 3 heteroatoms. The lowest BCUT2D eigenvalue weighted by Crippen LogP contribution is -2.23. The van der Waals surface area contributed by atoms with E-state index in [0.29, 0.717) is 6.54 Å². The second-order valence-corrected chi connectivity index (χ2v) is 5.09. The molecular formula is C14H17N3. The Kier molecular flexibility index (Phi) is 2.20. The summed E-state index contributed by atoms with van der Waals surface area (Å²) in [6.07, 6.45) is 2.25. The minimum Gasteiger partial charge on any atom is -0.329 e. The molecule has 1 heterocycles. The molecule has 17 heavy (non-hydrogen) atoms. The van der Waals surface area contributed by atoms with Crippen LogP contribution < -0.4 is 5.73 Å². The van der Waals surface area contributed by atoms with E-state index in [1.165, 1.54) is 10.9 Å². The molecule has 0 unspecified atom stereocenters. The number of aromatic nitrogens is 2. The van der Waals surface area contributed by atoms with Crippen LogP contribution in [-0.4, -0.2) is 16.5 Å². The SMILES string of the molecule is Cc1cccc2nc(C3(CN)CC3)nc(C)c12. The first kappa shape index (κ1) is 10.7. The van der Waals surface area contributed by atoms with Crippen LogP contribution in [0.2, 0.25) is 0 Å². The van der Waals surface area contributed by atoms with Gasteiger partial charge in [0.25, 0.3) is 0 Å². The highest BCUT2D eigenvalue weighted by atomic mass is 14.9. The van der Waals surface area contributed by atoms with E-state index in [2.05, 4.69) is 37.0 Å². The van der Waals surface area contributed by atoms with E-state index in [4.69, 9.17) is 10.7 Å². The van der Waals surface area contributed by atoms with Gasteiger partial charge in [-0.2, -0.15) is 0 Å².